The lowest BCUT2D eigenvalue weighted by Gasteiger charge is -2.31. The number of hydrogen-bond donors (Lipinski definition) is 1. The van der Waals surface area contributed by atoms with Gasteiger partial charge in [-0.05, 0) is 66.1 Å². The predicted octanol–water partition coefficient (Wildman–Crippen LogP) is 4.42. The lowest BCUT2D eigenvalue weighted by Crippen LogP contribution is -2.46. The van der Waals surface area contributed by atoms with E-state index in [0.29, 0.717) is 27.9 Å². The number of nitrogens with one attached hydrogen (secondary N) is 1. The first-order valence-electron chi connectivity index (χ1n) is 12.8. The standard InChI is InChI=1S/C28H29ClN6O4/c1-38-22-14-12-19(13-15-22)27-31-33-35(32-27)18-25(36)34(17-20-7-2-5-10-23(20)29)26(24-11-6-16-39-24)28(37)30-21-8-3-4-9-21/h2,5-7,10-16,21,26H,3-4,8-9,17-18H2,1H3,(H,30,37)/t26-/m0/s1. The van der Waals surface area contributed by atoms with Crippen molar-refractivity contribution in [3.63, 3.8) is 0 Å². The van der Waals surface area contributed by atoms with Gasteiger partial charge in [-0.2, -0.15) is 4.80 Å². The Balaban J connectivity index is 1.43. The number of carbonyl (C=O) groups excluding carboxylic acids is 2. The largest absolute Gasteiger partial charge is 0.497 e. The molecule has 1 atom stereocenters. The SMILES string of the molecule is COc1ccc(-c2nnn(CC(=O)N(Cc3ccccc3Cl)[C@H](C(=O)NC3CCCC3)c3ccco3)n2)cc1. The van der Waals surface area contributed by atoms with E-state index in [1.165, 1.54) is 16.0 Å². The monoisotopic (exact) mass is 548 g/mol. The normalized spacial score (nSPS) is 14.2. The number of tetrazole rings is 1. The van der Waals surface area contributed by atoms with E-state index in [1.54, 1.807) is 37.4 Å². The van der Waals surface area contributed by atoms with Crippen LogP contribution in [-0.2, 0) is 22.7 Å². The quantitative estimate of drug-likeness (QED) is 0.312. The third kappa shape index (κ3) is 6.28. The molecule has 4 aromatic rings. The van der Waals surface area contributed by atoms with Crippen LogP contribution in [0.25, 0.3) is 11.4 Å². The average molecular weight is 549 g/mol. The van der Waals surface area contributed by atoms with Crippen LogP contribution >= 0.6 is 11.6 Å². The van der Waals surface area contributed by atoms with Gasteiger partial charge in [0.15, 0.2) is 6.04 Å². The van der Waals surface area contributed by atoms with E-state index in [9.17, 15) is 9.59 Å². The van der Waals surface area contributed by atoms with Gasteiger partial charge in [-0.3, -0.25) is 9.59 Å². The molecule has 39 heavy (non-hydrogen) atoms. The van der Waals surface area contributed by atoms with Gasteiger partial charge in [0, 0.05) is 23.2 Å². The molecular weight excluding hydrogens is 520 g/mol. The van der Waals surface area contributed by atoms with Gasteiger partial charge in [0.2, 0.25) is 11.7 Å². The Morgan fingerprint density at radius 2 is 1.90 bits per heavy atom. The van der Waals surface area contributed by atoms with Crippen LogP contribution in [0.5, 0.6) is 5.75 Å². The molecule has 2 aromatic carbocycles. The third-order valence-corrected chi connectivity index (χ3v) is 7.14. The Kier molecular flexibility index (Phi) is 8.21. The summed E-state index contributed by atoms with van der Waals surface area (Å²) in [4.78, 5) is 30.2. The van der Waals surface area contributed by atoms with Crippen LogP contribution in [0.1, 0.15) is 43.0 Å². The van der Waals surface area contributed by atoms with Crippen molar-refractivity contribution in [3.05, 3.63) is 83.3 Å². The fourth-order valence-corrected chi connectivity index (χ4v) is 4.93. The smallest absolute Gasteiger partial charge is 0.250 e. The molecule has 0 radical (unpaired) electrons. The second-order valence-electron chi connectivity index (χ2n) is 9.39. The van der Waals surface area contributed by atoms with Crippen molar-refractivity contribution in [1.29, 1.82) is 0 Å². The molecule has 10 nitrogen and oxygen atoms in total. The second kappa shape index (κ2) is 12.1. The maximum absolute atomic E-state index is 13.9. The Morgan fingerprint density at radius 1 is 1.13 bits per heavy atom. The average Bonchev–Trinajstić information content (AvgIpc) is 3.74. The number of nitrogens with zero attached hydrogens (tertiary/aromatic N) is 5. The fourth-order valence-electron chi connectivity index (χ4n) is 4.73. The van der Waals surface area contributed by atoms with Gasteiger partial charge in [-0.1, -0.05) is 42.6 Å². The number of benzene rings is 2. The molecular formula is C28H29ClN6O4. The van der Waals surface area contributed by atoms with Crippen LogP contribution in [0.2, 0.25) is 5.02 Å². The van der Waals surface area contributed by atoms with Gasteiger partial charge < -0.3 is 19.4 Å². The third-order valence-electron chi connectivity index (χ3n) is 6.77. The molecule has 1 saturated carbocycles. The minimum atomic E-state index is -1.01. The molecule has 1 aliphatic carbocycles. The Labute approximate surface area is 230 Å². The zero-order valence-electron chi connectivity index (χ0n) is 21.5. The summed E-state index contributed by atoms with van der Waals surface area (Å²) < 4.78 is 10.9. The van der Waals surface area contributed by atoms with Gasteiger partial charge >= 0.3 is 0 Å². The van der Waals surface area contributed by atoms with E-state index < -0.39 is 11.9 Å². The Morgan fingerprint density at radius 3 is 2.59 bits per heavy atom. The first kappa shape index (κ1) is 26.4. The van der Waals surface area contributed by atoms with E-state index in [-0.39, 0.29) is 25.0 Å². The molecule has 0 saturated heterocycles. The summed E-state index contributed by atoms with van der Waals surface area (Å²) in [7, 11) is 1.59. The summed E-state index contributed by atoms with van der Waals surface area (Å²) in [6.45, 7) is -0.149. The van der Waals surface area contributed by atoms with E-state index in [4.69, 9.17) is 20.8 Å². The summed E-state index contributed by atoms with van der Waals surface area (Å²) in [6.07, 6.45) is 5.43. The van der Waals surface area contributed by atoms with E-state index >= 15 is 0 Å². The van der Waals surface area contributed by atoms with Crippen LogP contribution in [0.4, 0.5) is 0 Å². The maximum atomic E-state index is 13.9. The first-order valence-corrected chi connectivity index (χ1v) is 13.2. The zero-order chi connectivity index (χ0) is 27.2. The molecule has 1 fully saturated rings. The second-order valence-corrected chi connectivity index (χ2v) is 9.80. The minimum Gasteiger partial charge on any atom is -0.497 e. The van der Waals surface area contributed by atoms with Crippen molar-refractivity contribution in [3.8, 4) is 17.1 Å². The van der Waals surface area contributed by atoms with E-state index in [2.05, 4.69) is 20.7 Å². The zero-order valence-corrected chi connectivity index (χ0v) is 22.3. The lowest BCUT2D eigenvalue weighted by atomic mass is 10.1. The molecule has 2 amide bonds. The number of carbonyl (C=O) groups is 2. The highest BCUT2D eigenvalue weighted by atomic mass is 35.5. The highest BCUT2D eigenvalue weighted by Gasteiger charge is 2.35. The summed E-state index contributed by atoms with van der Waals surface area (Å²) in [5, 5.41) is 16.2. The molecule has 202 valence electrons. The number of ether oxygens (including phenoxy) is 1. The number of halogens is 1. The summed E-state index contributed by atoms with van der Waals surface area (Å²) >= 11 is 6.46. The fraction of sp³-hybridized carbons (Fsp3) is 0.321. The van der Waals surface area contributed by atoms with Gasteiger partial charge in [0.1, 0.15) is 18.1 Å². The molecule has 1 aliphatic rings. The van der Waals surface area contributed by atoms with Crippen LogP contribution < -0.4 is 10.1 Å². The number of furan rings is 1. The molecule has 2 aromatic heterocycles. The molecule has 5 rings (SSSR count). The van der Waals surface area contributed by atoms with Crippen molar-refractivity contribution in [2.45, 2.75) is 50.9 Å². The topological polar surface area (TPSA) is 115 Å². The first-order chi connectivity index (χ1) is 19.0. The van der Waals surface area contributed by atoms with Crippen LogP contribution in [0.3, 0.4) is 0 Å². The highest BCUT2D eigenvalue weighted by Crippen LogP contribution is 2.28. The van der Waals surface area contributed by atoms with Gasteiger partial charge in [-0.25, -0.2) is 0 Å². The van der Waals surface area contributed by atoms with E-state index in [1.807, 2.05) is 30.3 Å². The Bertz CT molecular complexity index is 1400. The number of rotatable bonds is 10. The van der Waals surface area contributed by atoms with Crippen molar-refractivity contribution in [1.82, 2.24) is 30.4 Å². The molecule has 11 heteroatoms. The van der Waals surface area contributed by atoms with Gasteiger partial charge in [0.25, 0.3) is 5.91 Å². The van der Waals surface area contributed by atoms with Crippen molar-refractivity contribution < 1.29 is 18.7 Å². The maximum Gasteiger partial charge on any atom is 0.250 e. The Hall–Kier alpha value is -4.18. The van der Waals surface area contributed by atoms with E-state index in [0.717, 1.165) is 31.2 Å². The van der Waals surface area contributed by atoms with Crippen molar-refractivity contribution in [2.24, 2.45) is 0 Å². The molecule has 0 bridgehead atoms. The number of aromatic nitrogens is 4. The number of amides is 2. The number of methoxy groups -OCH3 is 1. The van der Waals surface area contributed by atoms with Gasteiger partial charge in [-0.15, -0.1) is 10.2 Å². The molecule has 0 aliphatic heterocycles. The van der Waals surface area contributed by atoms with Crippen molar-refractivity contribution >= 4 is 23.4 Å². The van der Waals surface area contributed by atoms with Crippen LogP contribution in [0, 0.1) is 0 Å². The van der Waals surface area contributed by atoms with Gasteiger partial charge in [0.05, 0.1) is 13.4 Å². The predicted molar refractivity (Wildman–Crippen MR) is 144 cm³/mol. The molecule has 1 N–H and O–H groups in total. The van der Waals surface area contributed by atoms with Crippen LogP contribution in [0.15, 0.2) is 71.3 Å². The highest BCUT2D eigenvalue weighted by molar-refractivity contribution is 6.31. The lowest BCUT2D eigenvalue weighted by molar-refractivity contribution is -0.143. The number of hydrogen-bond acceptors (Lipinski definition) is 7. The molecule has 2 heterocycles. The summed E-state index contributed by atoms with van der Waals surface area (Å²) in [5.74, 6) is 0.733. The molecule has 0 spiro atoms. The summed E-state index contributed by atoms with van der Waals surface area (Å²) in [6, 6.07) is 16.9. The minimum absolute atomic E-state index is 0.0660. The summed E-state index contributed by atoms with van der Waals surface area (Å²) in [5.41, 5.74) is 1.43. The van der Waals surface area contributed by atoms with Crippen molar-refractivity contribution in [2.75, 3.05) is 7.11 Å². The van der Waals surface area contributed by atoms with Crippen LogP contribution in [-0.4, -0.2) is 50.1 Å². The molecule has 0 unspecified atom stereocenters.